The number of rotatable bonds is 4. The Morgan fingerprint density at radius 3 is 2.88 bits per heavy atom. The lowest BCUT2D eigenvalue weighted by atomic mass is 9.83. The molecule has 0 aliphatic carbocycles. The molecule has 1 aliphatic heterocycles. The fourth-order valence-corrected chi connectivity index (χ4v) is 3.20. The molecule has 6 nitrogen and oxygen atoms in total. The molecule has 1 aliphatic rings. The van der Waals surface area contributed by atoms with Gasteiger partial charge in [0.15, 0.2) is 5.82 Å². The Hall–Kier alpha value is -2.12. The molecule has 0 aromatic carbocycles. The predicted molar refractivity (Wildman–Crippen MR) is 89.0 cm³/mol. The van der Waals surface area contributed by atoms with Crippen LogP contribution in [0.25, 0.3) is 0 Å². The normalized spacial score (nSPS) is 23.9. The van der Waals surface area contributed by atoms with E-state index in [0.29, 0.717) is 24.7 Å². The molecule has 2 atom stereocenters. The first-order valence-electron chi connectivity index (χ1n) is 8.03. The van der Waals surface area contributed by atoms with Crippen molar-refractivity contribution in [1.29, 1.82) is 0 Å². The molecule has 0 bridgehead atoms. The Labute approximate surface area is 140 Å². The molecule has 0 radical (unpaired) electrons. The third kappa shape index (κ3) is 2.85. The minimum atomic E-state index is -0.751. The van der Waals surface area contributed by atoms with Gasteiger partial charge in [-0.05, 0) is 17.5 Å². The summed E-state index contributed by atoms with van der Waals surface area (Å²) in [5.41, 5.74) is 7.11. The summed E-state index contributed by atoms with van der Waals surface area (Å²) in [6.07, 6.45) is 4.61. The van der Waals surface area contributed by atoms with E-state index in [2.05, 4.69) is 15.0 Å². The van der Waals surface area contributed by atoms with Crippen LogP contribution < -0.4 is 10.6 Å². The third-order valence-corrected chi connectivity index (χ3v) is 4.63. The molecule has 2 aromatic heterocycles. The fourth-order valence-electron chi connectivity index (χ4n) is 3.20. The van der Waals surface area contributed by atoms with E-state index in [1.54, 1.807) is 12.4 Å². The molecule has 2 aromatic rings. The molecule has 0 spiro atoms. The molecule has 0 amide bonds. The molecular formula is C17H22FN5O. The molecule has 1 saturated heterocycles. The van der Waals surface area contributed by atoms with Crippen LogP contribution in [0.4, 0.5) is 10.3 Å². The molecule has 7 heteroatoms. The first-order valence-corrected chi connectivity index (χ1v) is 8.03. The summed E-state index contributed by atoms with van der Waals surface area (Å²) in [7, 11) is 0. The average Bonchev–Trinajstić information content (AvgIpc) is 2.94. The van der Waals surface area contributed by atoms with Gasteiger partial charge in [0.2, 0.25) is 5.95 Å². The van der Waals surface area contributed by atoms with E-state index in [0.717, 1.165) is 5.56 Å². The molecule has 3 rings (SSSR count). The Balaban J connectivity index is 1.94. The first kappa shape index (κ1) is 16.7. The molecule has 0 saturated carbocycles. The van der Waals surface area contributed by atoms with Crippen LogP contribution in [0, 0.1) is 11.7 Å². The van der Waals surface area contributed by atoms with Crippen molar-refractivity contribution in [1.82, 2.24) is 15.0 Å². The minimum absolute atomic E-state index is 0.0380. The lowest BCUT2D eigenvalue weighted by molar-refractivity contribution is 0.187. The van der Waals surface area contributed by atoms with E-state index in [1.807, 2.05) is 30.9 Å². The maximum atomic E-state index is 13.9. The lowest BCUT2D eigenvalue weighted by Crippen LogP contribution is -2.46. The van der Waals surface area contributed by atoms with Gasteiger partial charge in [0, 0.05) is 38.0 Å². The van der Waals surface area contributed by atoms with E-state index in [9.17, 15) is 9.50 Å². The van der Waals surface area contributed by atoms with Gasteiger partial charge in [-0.2, -0.15) is 0 Å². The van der Waals surface area contributed by atoms with E-state index < -0.39 is 11.4 Å². The van der Waals surface area contributed by atoms with E-state index >= 15 is 0 Å². The summed E-state index contributed by atoms with van der Waals surface area (Å²) in [6.45, 7) is 4.66. The standard InChI is InChI=1S/C17H22FN5O/c1-11(2)15-14(18)7-21-16(22-15)23-8-13(9-24)17(19,10-23)12-4-3-5-20-6-12/h3-7,11,13,24H,8-10,19H2,1-2H3. The third-order valence-electron chi connectivity index (χ3n) is 4.63. The number of anilines is 1. The van der Waals surface area contributed by atoms with Gasteiger partial charge in [-0.1, -0.05) is 19.9 Å². The summed E-state index contributed by atoms with van der Waals surface area (Å²) in [6, 6.07) is 3.73. The smallest absolute Gasteiger partial charge is 0.225 e. The van der Waals surface area contributed by atoms with Crippen LogP contribution in [-0.2, 0) is 5.54 Å². The van der Waals surface area contributed by atoms with Gasteiger partial charge < -0.3 is 15.7 Å². The zero-order chi connectivity index (χ0) is 17.3. The number of pyridine rings is 1. The van der Waals surface area contributed by atoms with E-state index in [4.69, 9.17) is 5.73 Å². The second kappa shape index (κ2) is 6.41. The van der Waals surface area contributed by atoms with Crippen molar-refractivity contribution in [3.8, 4) is 0 Å². The summed E-state index contributed by atoms with van der Waals surface area (Å²) in [4.78, 5) is 14.5. The van der Waals surface area contributed by atoms with Crippen molar-refractivity contribution in [3.05, 3.63) is 47.8 Å². The molecule has 128 valence electrons. The fraction of sp³-hybridized carbons (Fsp3) is 0.471. The van der Waals surface area contributed by atoms with E-state index in [-0.39, 0.29) is 18.4 Å². The number of aromatic nitrogens is 3. The first-order chi connectivity index (χ1) is 11.5. The zero-order valence-corrected chi connectivity index (χ0v) is 13.9. The van der Waals surface area contributed by atoms with Crippen LogP contribution in [0.3, 0.4) is 0 Å². The Morgan fingerprint density at radius 1 is 1.46 bits per heavy atom. The highest BCUT2D eigenvalue weighted by Crippen LogP contribution is 2.36. The average molecular weight is 331 g/mol. The van der Waals surface area contributed by atoms with Gasteiger partial charge in [0.1, 0.15) is 0 Å². The van der Waals surface area contributed by atoms with Gasteiger partial charge >= 0.3 is 0 Å². The van der Waals surface area contributed by atoms with Gasteiger partial charge in [0.25, 0.3) is 0 Å². The van der Waals surface area contributed by atoms with Gasteiger partial charge in [0.05, 0.1) is 17.4 Å². The van der Waals surface area contributed by atoms with Crippen LogP contribution in [0.5, 0.6) is 0 Å². The van der Waals surface area contributed by atoms with Crippen molar-refractivity contribution >= 4 is 5.95 Å². The highest BCUT2D eigenvalue weighted by atomic mass is 19.1. The number of nitrogens with zero attached hydrogens (tertiary/aromatic N) is 4. The summed E-state index contributed by atoms with van der Waals surface area (Å²) < 4.78 is 13.9. The monoisotopic (exact) mass is 331 g/mol. The highest BCUT2D eigenvalue weighted by molar-refractivity contribution is 5.39. The number of hydrogen-bond donors (Lipinski definition) is 2. The van der Waals surface area contributed by atoms with Crippen LogP contribution in [0.1, 0.15) is 31.0 Å². The molecule has 2 unspecified atom stereocenters. The van der Waals surface area contributed by atoms with Crippen LogP contribution in [0.15, 0.2) is 30.7 Å². The number of halogens is 1. The van der Waals surface area contributed by atoms with Crippen LogP contribution >= 0.6 is 0 Å². The molecular weight excluding hydrogens is 309 g/mol. The van der Waals surface area contributed by atoms with Crippen molar-refractivity contribution in [2.45, 2.75) is 25.3 Å². The zero-order valence-electron chi connectivity index (χ0n) is 13.9. The summed E-state index contributed by atoms with van der Waals surface area (Å²) in [5, 5.41) is 9.79. The summed E-state index contributed by atoms with van der Waals surface area (Å²) >= 11 is 0. The van der Waals surface area contributed by atoms with Crippen molar-refractivity contribution in [2.24, 2.45) is 11.7 Å². The van der Waals surface area contributed by atoms with E-state index in [1.165, 1.54) is 6.20 Å². The molecule has 3 N–H and O–H groups in total. The van der Waals surface area contributed by atoms with Crippen LogP contribution in [0.2, 0.25) is 0 Å². The van der Waals surface area contributed by atoms with Gasteiger partial charge in [-0.3, -0.25) is 4.98 Å². The largest absolute Gasteiger partial charge is 0.396 e. The summed E-state index contributed by atoms with van der Waals surface area (Å²) in [5.74, 6) is -0.186. The lowest BCUT2D eigenvalue weighted by Gasteiger charge is -2.29. The maximum absolute atomic E-state index is 13.9. The number of nitrogens with two attached hydrogens (primary N) is 1. The number of aliphatic hydroxyl groups is 1. The molecule has 1 fully saturated rings. The van der Waals surface area contributed by atoms with Crippen molar-refractivity contribution in [3.63, 3.8) is 0 Å². The number of hydrogen-bond acceptors (Lipinski definition) is 6. The van der Waals surface area contributed by atoms with Crippen LogP contribution in [-0.4, -0.2) is 39.8 Å². The topological polar surface area (TPSA) is 88.2 Å². The van der Waals surface area contributed by atoms with Crippen molar-refractivity contribution in [2.75, 3.05) is 24.6 Å². The second-order valence-electron chi connectivity index (χ2n) is 6.60. The highest BCUT2D eigenvalue weighted by Gasteiger charge is 2.45. The maximum Gasteiger partial charge on any atom is 0.225 e. The minimum Gasteiger partial charge on any atom is -0.396 e. The van der Waals surface area contributed by atoms with Crippen molar-refractivity contribution < 1.29 is 9.50 Å². The Bertz CT molecular complexity index is 711. The predicted octanol–water partition coefficient (Wildman–Crippen LogP) is 1.42. The van der Waals surface area contributed by atoms with Gasteiger partial charge in [-0.25, -0.2) is 14.4 Å². The Kier molecular flexibility index (Phi) is 4.47. The quantitative estimate of drug-likeness (QED) is 0.881. The SMILES string of the molecule is CC(C)c1nc(N2CC(CO)C(N)(c3cccnc3)C2)ncc1F. The molecule has 24 heavy (non-hydrogen) atoms. The number of aliphatic hydroxyl groups excluding tert-OH is 1. The second-order valence-corrected chi connectivity index (χ2v) is 6.60. The molecule has 3 heterocycles. The Morgan fingerprint density at radius 2 is 2.25 bits per heavy atom. The van der Waals surface area contributed by atoms with Gasteiger partial charge in [-0.15, -0.1) is 0 Å².